The number of rotatable bonds is 2. The molecule has 110 valence electrons. The van der Waals surface area contributed by atoms with Gasteiger partial charge in [-0.3, -0.25) is 4.79 Å². The summed E-state index contributed by atoms with van der Waals surface area (Å²) in [5, 5.41) is 15.6. The number of amides is 1. The molecule has 2 N–H and O–H groups in total. The van der Waals surface area contributed by atoms with Gasteiger partial charge in [0.05, 0.1) is 11.6 Å². The first-order valence-corrected chi connectivity index (χ1v) is 7.11. The van der Waals surface area contributed by atoms with Crippen LogP contribution in [-0.2, 0) is 4.79 Å². The third-order valence-electron chi connectivity index (χ3n) is 4.22. The van der Waals surface area contributed by atoms with Crippen LogP contribution in [0.1, 0.15) is 12.0 Å². The van der Waals surface area contributed by atoms with E-state index in [0.29, 0.717) is 17.9 Å². The first-order chi connectivity index (χ1) is 10.7. The van der Waals surface area contributed by atoms with Crippen LogP contribution in [0.15, 0.2) is 59.8 Å². The highest BCUT2D eigenvalue weighted by molar-refractivity contribution is 6.15. The Morgan fingerprint density at radius 2 is 1.91 bits per heavy atom. The molecule has 2 aromatic rings. The number of nitrogens with zero attached hydrogens (tertiary/aromatic N) is 1. The van der Waals surface area contributed by atoms with Gasteiger partial charge in [0.25, 0.3) is 5.91 Å². The fraction of sp³-hybridized carbons (Fsp3) is 0.176. The summed E-state index contributed by atoms with van der Waals surface area (Å²) in [5.74, 6) is 0.155. The Morgan fingerprint density at radius 3 is 2.68 bits per heavy atom. The van der Waals surface area contributed by atoms with Crippen LogP contribution in [0, 0.1) is 5.92 Å². The van der Waals surface area contributed by atoms with Gasteiger partial charge in [-0.15, -0.1) is 0 Å². The van der Waals surface area contributed by atoms with E-state index in [1.54, 1.807) is 6.07 Å². The summed E-state index contributed by atoms with van der Waals surface area (Å²) in [6.45, 7) is 0. The zero-order chi connectivity index (χ0) is 15.2. The standard InChI is InChI=1S/C17H14N2O3/c20-16(18-11-6-2-1-3-7-11)17-10-13(17)15(19-21)12-8-4-5-9-14(12)22-17/h1-9,13,21H,10H2,(H,18,20)/b19-15-/t13-,17-/m1/s1. The van der Waals surface area contributed by atoms with Gasteiger partial charge in [0, 0.05) is 17.7 Å². The molecule has 0 unspecified atom stereocenters. The molecule has 4 rings (SSSR count). The first-order valence-electron chi connectivity index (χ1n) is 7.11. The molecule has 5 heteroatoms. The molecule has 1 fully saturated rings. The average Bonchev–Trinajstić information content (AvgIpc) is 3.29. The SMILES string of the molecule is O=C(Nc1ccccc1)[C@@]12C[C@@H]1/C(=N\O)c1ccccc1O2. The van der Waals surface area contributed by atoms with Crippen LogP contribution in [0.25, 0.3) is 0 Å². The molecule has 0 aromatic heterocycles. The molecule has 2 aliphatic rings. The molecule has 0 saturated heterocycles. The third kappa shape index (κ3) is 1.79. The van der Waals surface area contributed by atoms with E-state index in [2.05, 4.69) is 10.5 Å². The van der Waals surface area contributed by atoms with Crippen molar-refractivity contribution in [2.75, 3.05) is 5.32 Å². The van der Waals surface area contributed by atoms with E-state index in [4.69, 9.17) is 4.74 Å². The Morgan fingerprint density at radius 1 is 1.18 bits per heavy atom. The summed E-state index contributed by atoms with van der Waals surface area (Å²) in [6.07, 6.45) is 0.514. The Kier molecular flexibility index (Phi) is 2.69. The second-order valence-corrected chi connectivity index (χ2v) is 5.55. The molecule has 5 nitrogen and oxygen atoms in total. The highest BCUT2D eigenvalue weighted by Crippen LogP contribution is 2.54. The Hall–Kier alpha value is -2.82. The maximum Gasteiger partial charge on any atom is 0.269 e. The second kappa shape index (κ2) is 4.59. The monoisotopic (exact) mass is 294 g/mol. The summed E-state index contributed by atoms with van der Waals surface area (Å²) in [6, 6.07) is 16.6. The van der Waals surface area contributed by atoms with Crippen LogP contribution in [0.5, 0.6) is 5.75 Å². The third-order valence-corrected chi connectivity index (χ3v) is 4.22. The predicted molar refractivity (Wildman–Crippen MR) is 81.3 cm³/mol. The molecule has 2 atom stereocenters. The van der Waals surface area contributed by atoms with Gasteiger partial charge < -0.3 is 15.3 Å². The number of carbonyl (C=O) groups is 1. The quantitative estimate of drug-likeness (QED) is 0.660. The lowest BCUT2D eigenvalue weighted by atomic mass is 9.99. The number of carbonyl (C=O) groups excluding carboxylic acids is 1. The molecule has 2 aromatic carbocycles. The van der Waals surface area contributed by atoms with Gasteiger partial charge in [-0.1, -0.05) is 35.5 Å². The molecule has 22 heavy (non-hydrogen) atoms. The number of nitrogens with one attached hydrogen (secondary N) is 1. The minimum Gasteiger partial charge on any atom is -0.476 e. The number of fused-ring (bicyclic) bond motifs is 2. The second-order valence-electron chi connectivity index (χ2n) is 5.55. The van der Waals surface area contributed by atoms with Crippen molar-refractivity contribution >= 4 is 17.3 Å². The topological polar surface area (TPSA) is 70.9 Å². The summed E-state index contributed by atoms with van der Waals surface area (Å²) >= 11 is 0. The Balaban J connectivity index is 1.66. The highest BCUT2D eigenvalue weighted by atomic mass is 16.5. The van der Waals surface area contributed by atoms with Crippen LogP contribution in [0.2, 0.25) is 0 Å². The van der Waals surface area contributed by atoms with Gasteiger partial charge >= 0.3 is 0 Å². The lowest BCUT2D eigenvalue weighted by Gasteiger charge is -2.25. The molecule has 1 aliphatic heterocycles. The van der Waals surface area contributed by atoms with Crippen molar-refractivity contribution < 1.29 is 14.7 Å². The van der Waals surface area contributed by atoms with Crippen molar-refractivity contribution in [1.82, 2.24) is 0 Å². The maximum atomic E-state index is 12.6. The lowest BCUT2D eigenvalue weighted by molar-refractivity contribution is -0.125. The molecule has 0 radical (unpaired) electrons. The fourth-order valence-corrected chi connectivity index (χ4v) is 3.01. The van der Waals surface area contributed by atoms with Crippen LogP contribution < -0.4 is 10.1 Å². The van der Waals surface area contributed by atoms with Gasteiger partial charge in [-0.25, -0.2) is 0 Å². The predicted octanol–water partition coefficient (Wildman–Crippen LogP) is 2.65. The summed E-state index contributed by atoms with van der Waals surface area (Å²) < 4.78 is 5.96. The molecular formula is C17H14N2O3. The van der Waals surface area contributed by atoms with Crippen molar-refractivity contribution in [3.05, 3.63) is 60.2 Å². The smallest absolute Gasteiger partial charge is 0.269 e. The van der Waals surface area contributed by atoms with E-state index in [1.807, 2.05) is 48.5 Å². The van der Waals surface area contributed by atoms with E-state index in [0.717, 1.165) is 11.3 Å². The summed E-state index contributed by atoms with van der Waals surface area (Å²) in [4.78, 5) is 12.6. The molecule has 1 saturated carbocycles. The largest absolute Gasteiger partial charge is 0.476 e. The van der Waals surface area contributed by atoms with E-state index in [-0.39, 0.29) is 11.8 Å². The number of hydrogen-bond acceptors (Lipinski definition) is 4. The van der Waals surface area contributed by atoms with E-state index >= 15 is 0 Å². The number of benzene rings is 2. The molecule has 1 amide bonds. The lowest BCUT2D eigenvalue weighted by Crippen LogP contribution is -2.41. The van der Waals surface area contributed by atoms with Crippen molar-refractivity contribution in [2.24, 2.45) is 11.1 Å². The van der Waals surface area contributed by atoms with Gasteiger partial charge in [0.1, 0.15) is 5.75 Å². The average molecular weight is 294 g/mol. The van der Waals surface area contributed by atoms with Crippen LogP contribution >= 0.6 is 0 Å². The van der Waals surface area contributed by atoms with Crippen LogP contribution in [0.4, 0.5) is 5.69 Å². The van der Waals surface area contributed by atoms with Crippen molar-refractivity contribution in [1.29, 1.82) is 0 Å². The van der Waals surface area contributed by atoms with Gasteiger partial charge in [0.15, 0.2) is 5.60 Å². The van der Waals surface area contributed by atoms with Crippen LogP contribution in [-0.4, -0.2) is 22.4 Å². The van der Waals surface area contributed by atoms with Crippen molar-refractivity contribution in [2.45, 2.75) is 12.0 Å². The van der Waals surface area contributed by atoms with E-state index < -0.39 is 5.60 Å². The number of ether oxygens (including phenoxy) is 1. The Labute approximate surface area is 127 Å². The zero-order valence-electron chi connectivity index (χ0n) is 11.7. The molecule has 1 aliphatic carbocycles. The molecule has 0 spiro atoms. The molecular weight excluding hydrogens is 280 g/mol. The van der Waals surface area contributed by atoms with Crippen molar-refractivity contribution in [3.8, 4) is 5.75 Å². The molecule has 0 bridgehead atoms. The van der Waals surface area contributed by atoms with Gasteiger partial charge in [-0.2, -0.15) is 0 Å². The number of para-hydroxylation sites is 2. The minimum atomic E-state index is -0.967. The Bertz CT molecular complexity index is 772. The van der Waals surface area contributed by atoms with Gasteiger partial charge in [-0.05, 0) is 24.3 Å². The first kappa shape index (κ1) is 12.9. The fourth-order valence-electron chi connectivity index (χ4n) is 3.01. The summed E-state index contributed by atoms with van der Waals surface area (Å²) in [7, 11) is 0. The van der Waals surface area contributed by atoms with Gasteiger partial charge in [0.2, 0.25) is 0 Å². The maximum absolute atomic E-state index is 12.6. The zero-order valence-corrected chi connectivity index (χ0v) is 11.7. The van der Waals surface area contributed by atoms with E-state index in [1.165, 1.54) is 0 Å². The summed E-state index contributed by atoms with van der Waals surface area (Å²) in [5.41, 5.74) is 1.02. The number of hydrogen-bond donors (Lipinski definition) is 2. The van der Waals surface area contributed by atoms with Crippen LogP contribution in [0.3, 0.4) is 0 Å². The molecule has 1 heterocycles. The van der Waals surface area contributed by atoms with E-state index in [9.17, 15) is 10.0 Å². The highest BCUT2D eigenvalue weighted by Gasteiger charge is 2.68. The number of anilines is 1. The minimum absolute atomic E-state index is 0.209. The van der Waals surface area contributed by atoms with Crippen molar-refractivity contribution in [3.63, 3.8) is 0 Å². The number of oxime groups is 1. The normalized spacial score (nSPS) is 26.5.